The molecule has 6 heteroatoms. The topological polar surface area (TPSA) is 45.2 Å². The fourth-order valence-corrected chi connectivity index (χ4v) is 5.20. The first-order valence-corrected chi connectivity index (χ1v) is 8.73. The molecule has 0 spiro atoms. The van der Waals surface area contributed by atoms with Crippen LogP contribution in [0.3, 0.4) is 0 Å². The summed E-state index contributed by atoms with van der Waals surface area (Å²) < 4.78 is 2.18. The van der Waals surface area contributed by atoms with Gasteiger partial charge in [-0.1, -0.05) is 0 Å². The Morgan fingerprint density at radius 1 is 1.50 bits per heavy atom. The minimum Gasteiger partial charge on any atom is -0.346 e. The number of nitrogens with zero attached hydrogens (tertiary/aromatic N) is 2. The summed E-state index contributed by atoms with van der Waals surface area (Å²) in [6.07, 6.45) is 2.94. The Labute approximate surface area is 134 Å². The summed E-state index contributed by atoms with van der Waals surface area (Å²) in [5, 5.41) is 6.40. The van der Waals surface area contributed by atoms with Crippen molar-refractivity contribution in [2.75, 3.05) is 19.6 Å². The molecule has 2 aliphatic rings. The Morgan fingerprint density at radius 3 is 3.15 bits per heavy atom. The van der Waals surface area contributed by atoms with E-state index in [-0.39, 0.29) is 5.91 Å². The van der Waals surface area contributed by atoms with Crippen LogP contribution < -0.4 is 5.32 Å². The first kappa shape index (κ1) is 13.0. The molecule has 1 amide bonds. The SMILES string of the molecule is O=C(NC1CN2CC[C@H]1C2)c1nccc2c(I)csc12. The van der Waals surface area contributed by atoms with Crippen molar-refractivity contribution in [3.63, 3.8) is 0 Å². The van der Waals surface area contributed by atoms with Gasteiger partial charge in [0, 0.05) is 39.7 Å². The smallest absolute Gasteiger partial charge is 0.271 e. The van der Waals surface area contributed by atoms with Crippen LogP contribution in [-0.4, -0.2) is 41.5 Å². The Balaban J connectivity index is 1.61. The molecule has 0 aromatic carbocycles. The van der Waals surface area contributed by atoms with Crippen molar-refractivity contribution in [1.29, 1.82) is 0 Å². The number of amides is 1. The lowest BCUT2D eigenvalue weighted by molar-refractivity contribution is 0.0921. The second-order valence-corrected chi connectivity index (χ2v) is 7.55. The molecule has 0 radical (unpaired) electrons. The summed E-state index contributed by atoms with van der Waals surface area (Å²) in [5.74, 6) is 0.606. The first-order valence-electron chi connectivity index (χ1n) is 6.77. The van der Waals surface area contributed by atoms with E-state index < -0.39 is 0 Å². The molecule has 2 aromatic rings. The van der Waals surface area contributed by atoms with Crippen LogP contribution in [0.5, 0.6) is 0 Å². The van der Waals surface area contributed by atoms with Gasteiger partial charge in [0.2, 0.25) is 0 Å². The van der Waals surface area contributed by atoms with Crippen molar-refractivity contribution in [2.24, 2.45) is 5.92 Å². The number of piperidine rings is 1. The van der Waals surface area contributed by atoms with Gasteiger partial charge >= 0.3 is 0 Å². The van der Waals surface area contributed by atoms with Crippen LogP contribution in [0.2, 0.25) is 0 Å². The Hall–Kier alpha value is -0.730. The Kier molecular flexibility index (Phi) is 3.19. The van der Waals surface area contributed by atoms with Crippen LogP contribution in [0.25, 0.3) is 10.1 Å². The van der Waals surface area contributed by atoms with Gasteiger partial charge in [0.1, 0.15) is 5.69 Å². The van der Waals surface area contributed by atoms with Gasteiger partial charge in [-0.05, 0) is 47.5 Å². The fourth-order valence-electron chi connectivity index (χ4n) is 3.28. The van der Waals surface area contributed by atoms with E-state index in [1.807, 2.05) is 6.07 Å². The van der Waals surface area contributed by atoms with Crippen molar-refractivity contribution in [3.05, 3.63) is 26.9 Å². The largest absolute Gasteiger partial charge is 0.346 e. The highest BCUT2D eigenvalue weighted by molar-refractivity contribution is 14.1. The number of rotatable bonds is 2. The summed E-state index contributed by atoms with van der Waals surface area (Å²) in [6, 6.07) is 2.28. The molecule has 104 valence electrons. The maximum atomic E-state index is 12.5. The first-order chi connectivity index (χ1) is 9.72. The van der Waals surface area contributed by atoms with Crippen LogP contribution >= 0.6 is 33.9 Å². The van der Waals surface area contributed by atoms with E-state index in [0.717, 1.165) is 23.2 Å². The van der Waals surface area contributed by atoms with Gasteiger partial charge in [-0.25, -0.2) is 4.98 Å². The van der Waals surface area contributed by atoms with Crippen LogP contribution in [-0.2, 0) is 0 Å². The van der Waals surface area contributed by atoms with Gasteiger partial charge in [0.15, 0.2) is 0 Å². The number of halogens is 1. The minimum atomic E-state index is -0.0207. The van der Waals surface area contributed by atoms with Gasteiger partial charge in [0.05, 0.1) is 4.70 Å². The van der Waals surface area contributed by atoms with Crippen molar-refractivity contribution >= 4 is 49.9 Å². The molecule has 2 aromatic heterocycles. The molecule has 2 fully saturated rings. The van der Waals surface area contributed by atoms with Gasteiger partial charge < -0.3 is 10.2 Å². The lowest BCUT2D eigenvalue weighted by Crippen LogP contribution is -2.43. The van der Waals surface area contributed by atoms with E-state index in [2.05, 4.69) is 43.2 Å². The van der Waals surface area contributed by atoms with Crippen LogP contribution in [0, 0.1) is 9.49 Å². The van der Waals surface area contributed by atoms with E-state index in [4.69, 9.17) is 0 Å². The van der Waals surface area contributed by atoms with Gasteiger partial charge in [-0.3, -0.25) is 4.79 Å². The van der Waals surface area contributed by atoms with Crippen molar-refractivity contribution in [2.45, 2.75) is 12.5 Å². The number of fused-ring (bicyclic) bond motifs is 3. The van der Waals surface area contributed by atoms with E-state index >= 15 is 0 Å². The van der Waals surface area contributed by atoms with E-state index in [1.165, 1.54) is 16.5 Å². The summed E-state index contributed by atoms with van der Waals surface area (Å²) in [5.41, 5.74) is 0.577. The maximum Gasteiger partial charge on any atom is 0.271 e. The second kappa shape index (κ2) is 4.92. The lowest BCUT2D eigenvalue weighted by atomic mass is 10.00. The highest BCUT2D eigenvalue weighted by Gasteiger charge is 2.38. The predicted octanol–water partition coefficient (Wildman–Crippen LogP) is 2.33. The quantitative estimate of drug-likeness (QED) is 0.789. The van der Waals surface area contributed by atoms with Gasteiger partial charge in [-0.2, -0.15) is 0 Å². The molecule has 0 saturated carbocycles. The molecular formula is C14H14IN3OS. The molecule has 2 unspecified atom stereocenters. The molecule has 20 heavy (non-hydrogen) atoms. The van der Waals surface area contributed by atoms with E-state index in [0.29, 0.717) is 17.7 Å². The second-order valence-electron chi connectivity index (χ2n) is 5.51. The van der Waals surface area contributed by atoms with Crippen LogP contribution in [0.4, 0.5) is 0 Å². The third-order valence-corrected chi connectivity index (χ3v) is 6.62. The number of hydrogen-bond donors (Lipinski definition) is 1. The zero-order valence-corrected chi connectivity index (χ0v) is 13.8. The highest BCUT2D eigenvalue weighted by atomic mass is 127. The molecule has 2 saturated heterocycles. The van der Waals surface area contributed by atoms with E-state index in [1.54, 1.807) is 17.5 Å². The standard InChI is InChI=1S/C14H14IN3OS/c15-10-7-20-13-9(10)1-3-16-12(13)14(19)17-11-6-18-4-2-8(11)5-18/h1,3,7-8,11H,2,4-6H2,(H,17,19)/t8-,11?/m0/s1. The average Bonchev–Trinajstić information content (AvgIpc) is 3.14. The number of aromatic nitrogens is 1. The molecular weight excluding hydrogens is 385 g/mol. The Morgan fingerprint density at radius 2 is 2.40 bits per heavy atom. The monoisotopic (exact) mass is 399 g/mol. The summed E-state index contributed by atoms with van der Waals surface area (Å²) >= 11 is 3.90. The third-order valence-electron chi connectivity index (χ3n) is 4.31. The zero-order chi connectivity index (χ0) is 13.7. The van der Waals surface area contributed by atoms with Crippen molar-refractivity contribution in [1.82, 2.24) is 15.2 Å². The molecule has 2 aliphatic heterocycles. The maximum absolute atomic E-state index is 12.5. The van der Waals surface area contributed by atoms with Gasteiger partial charge in [-0.15, -0.1) is 11.3 Å². The fraction of sp³-hybridized carbons (Fsp3) is 0.429. The van der Waals surface area contributed by atoms with Crippen molar-refractivity contribution < 1.29 is 4.79 Å². The molecule has 0 aliphatic carbocycles. The molecule has 1 N–H and O–H groups in total. The highest BCUT2D eigenvalue weighted by Crippen LogP contribution is 2.30. The van der Waals surface area contributed by atoms with Crippen LogP contribution in [0.1, 0.15) is 16.9 Å². The number of hydrogen-bond acceptors (Lipinski definition) is 4. The molecule has 4 rings (SSSR count). The normalized spacial score (nSPS) is 28.1. The number of pyridine rings is 1. The molecule has 4 nitrogen and oxygen atoms in total. The zero-order valence-electron chi connectivity index (χ0n) is 10.8. The molecule has 3 atom stereocenters. The minimum absolute atomic E-state index is 0.0207. The summed E-state index contributed by atoms with van der Waals surface area (Å²) in [6.45, 7) is 3.32. The number of thiophene rings is 1. The lowest BCUT2D eigenvalue weighted by Gasteiger charge is -2.23. The average molecular weight is 399 g/mol. The number of nitrogens with one attached hydrogen (secondary N) is 1. The van der Waals surface area contributed by atoms with Gasteiger partial charge in [0.25, 0.3) is 5.91 Å². The predicted molar refractivity (Wildman–Crippen MR) is 88.1 cm³/mol. The summed E-state index contributed by atoms with van der Waals surface area (Å²) in [4.78, 5) is 19.2. The van der Waals surface area contributed by atoms with E-state index in [9.17, 15) is 4.79 Å². The third kappa shape index (κ3) is 2.05. The number of carbonyl (C=O) groups excluding carboxylic acids is 1. The molecule has 2 bridgehead atoms. The Bertz CT molecular complexity index is 686. The molecule has 4 heterocycles. The van der Waals surface area contributed by atoms with Crippen molar-refractivity contribution in [3.8, 4) is 0 Å². The summed E-state index contributed by atoms with van der Waals surface area (Å²) in [7, 11) is 0. The van der Waals surface area contributed by atoms with Crippen LogP contribution in [0.15, 0.2) is 17.6 Å². The number of carbonyl (C=O) groups is 1.